The van der Waals surface area contributed by atoms with E-state index < -0.39 is 17.6 Å². The number of hydrogen-bond donors (Lipinski definition) is 1. The van der Waals surface area contributed by atoms with Gasteiger partial charge in [-0.1, -0.05) is 5.16 Å². The molecule has 128 valence electrons. The topological polar surface area (TPSA) is 92.1 Å². The number of carbonyl (C=O) groups is 1. The van der Waals surface area contributed by atoms with Crippen LogP contribution >= 0.6 is 0 Å². The van der Waals surface area contributed by atoms with E-state index in [-0.39, 0.29) is 29.3 Å². The zero-order valence-electron chi connectivity index (χ0n) is 12.4. The van der Waals surface area contributed by atoms with E-state index in [9.17, 15) is 22.8 Å². The van der Waals surface area contributed by atoms with Crippen LogP contribution in [0.25, 0.3) is 11.4 Å². The van der Waals surface area contributed by atoms with Crippen LogP contribution < -0.4 is 5.56 Å². The molecular formula is C14H13F3N4O3. The molecular weight excluding hydrogens is 329 g/mol. The number of pyridine rings is 1. The van der Waals surface area contributed by atoms with E-state index in [0.29, 0.717) is 13.1 Å². The van der Waals surface area contributed by atoms with Crippen molar-refractivity contribution in [3.05, 3.63) is 34.1 Å². The Balaban J connectivity index is 1.94. The maximum atomic E-state index is 12.6. The van der Waals surface area contributed by atoms with Crippen LogP contribution in [0.2, 0.25) is 0 Å². The predicted molar refractivity (Wildman–Crippen MR) is 74.9 cm³/mol. The molecule has 2 aromatic rings. The van der Waals surface area contributed by atoms with Gasteiger partial charge in [-0.05, 0) is 18.9 Å². The minimum Gasteiger partial charge on any atom is -0.342 e. The Morgan fingerprint density at radius 1 is 1.33 bits per heavy atom. The lowest BCUT2D eigenvalue weighted by Gasteiger charge is -2.15. The molecule has 3 rings (SSSR count). The number of nitrogens with one attached hydrogen (secondary N) is 1. The fourth-order valence-electron chi connectivity index (χ4n) is 2.57. The van der Waals surface area contributed by atoms with Gasteiger partial charge in [0.15, 0.2) is 0 Å². The van der Waals surface area contributed by atoms with Gasteiger partial charge in [-0.25, -0.2) is 0 Å². The Kier molecular flexibility index (Phi) is 4.12. The normalized spacial score (nSPS) is 15.0. The lowest BCUT2D eigenvalue weighted by Crippen LogP contribution is -2.31. The van der Waals surface area contributed by atoms with E-state index in [1.54, 1.807) is 4.90 Å². The zero-order valence-corrected chi connectivity index (χ0v) is 12.4. The molecule has 1 amide bonds. The highest BCUT2D eigenvalue weighted by Gasteiger charge is 2.38. The number of H-pyrrole nitrogens is 1. The highest BCUT2D eigenvalue weighted by atomic mass is 19.4. The lowest BCUT2D eigenvalue weighted by atomic mass is 10.1. The third-order valence-electron chi connectivity index (χ3n) is 3.76. The van der Waals surface area contributed by atoms with E-state index in [2.05, 4.69) is 19.6 Å². The van der Waals surface area contributed by atoms with Gasteiger partial charge in [0, 0.05) is 30.4 Å². The van der Waals surface area contributed by atoms with Gasteiger partial charge in [0.25, 0.3) is 5.56 Å². The van der Waals surface area contributed by atoms with Crippen LogP contribution in [0, 0.1) is 0 Å². The van der Waals surface area contributed by atoms with Crippen molar-refractivity contribution in [3.63, 3.8) is 0 Å². The van der Waals surface area contributed by atoms with Crippen LogP contribution in [0.1, 0.15) is 24.3 Å². The number of nitrogens with zero attached hydrogens (tertiary/aromatic N) is 3. The summed E-state index contributed by atoms with van der Waals surface area (Å²) in [7, 11) is 0. The highest BCUT2D eigenvalue weighted by Crippen LogP contribution is 2.29. The van der Waals surface area contributed by atoms with Crippen molar-refractivity contribution in [2.24, 2.45) is 0 Å². The van der Waals surface area contributed by atoms with Crippen molar-refractivity contribution < 1.29 is 22.5 Å². The van der Waals surface area contributed by atoms with E-state index in [1.165, 1.54) is 12.3 Å². The summed E-state index contributed by atoms with van der Waals surface area (Å²) in [5.74, 6) is -2.14. The lowest BCUT2D eigenvalue weighted by molar-refractivity contribution is -0.159. The average Bonchev–Trinajstić information content (AvgIpc) is 3.20. The Bertz CT molecular complexity index is 806. The number of amides is 1. The van der Waals surface area contributed by atoms with Crippen molar-refractivity contribution in [1.29, 1.82) is 0 Å². The first-order valence-electron chi connectivity index (χ1n) is 7.26. The van der Waals surface area contributed by atoms with Crippen molar-refractivity contribution >= 4 is 5.91 Å². The van der Waals surface area contributed by atoms with E-state index in [0.717, 1.165) is 12.8 Å². The summed E-state index contributed by atoms with van der Waals surface area (Å²) in [4.78, 5) is 31.6. The minimum absolute atomic E-state index is 0.0175. The third kappa shape index (κ3) is 3.17. The molecule has 0 radical (unpaired) electrons. The van der Waals surface area contributed by atoms with Gasteiger partial charge in [0.1, 0.15) is 0 Å². The van der Waals surface area contributed by atoms with Crippen LogP contribution in [0.3, 0.4) is 0 Å². The van der Waals surface area contributed by atoms with E-state index in [4.69, 9.17) is 0 Å². The standard InChI is InChI=1S/C14H13F3N4O3/c15-14(16,17)13-19-11(20-24-13)8-3-4-18-12(23)9(8)7-10(22)21-5-1-2-6-21/h3-4H,1-2,5-7H2,(H,18,23). The molecule has 0 spiro atoms. The highest BCUT2D eigenvalue weighted by molar-refractivity contribution is 5.81. The minimum atomic E-state index is -4.78. The van der Waals surface area contributed by atoms with E-state index in [1.807, 2.05) is 0 Å². The van der Waals surface area contributed by atoms with Crippen LogP contribution in [0.15, 0.2) is 21.6 Å². The number of halogens is 3. The SMILES string of the molecule is O=C(Cc1c(-c2noc(C(F)(F)F)n2)cc[nH]c1=O)N1CCCC1. The smallest absolute Gasteiger partial charge is 0.342 e. The van der Waals surface area contributed by atoms with Gasteiger partial charge in [0.2, 0.25) is 11.7 Å². The quantitative estimate of drug-likeness (QED) is 0.915. The Morgan fingerprint density at radius 2 is 2.04 bits per heavy atom. The molecule has 0 atom stereocenters. The van der Waals surface area contributed by atoms with Gasteiger partial charge in [0.05, 0.1) is 6.42 Å². The average molecular weight is 342 g/mol. The van der Waals surface area contributed by atoms with Crippen LogP contribution in [-0.2, 0) is 17.4 Å². The largest absolute Gasteiger partial charge is 0.471 e. The first kappa shape index (κ1) is 16.2. The molecule has 3 heterocycles. The first-order valence-corrected chi connectivity index (χ1v) is 7.26. The Labute approximate surface area is 133 Å². The second-order valence-corrected chi connectivity index (χ2v) is 5.38. The number of carbonyl (C=O) groups excluding carboxylic acids is 1. The predicted octanol–water partition coefficient (Wildman–Crippen LogP) is 1.61. The molecule has 0 unspecified atom stereocenters. The molecule has 7 nitrogen and oxygen atoms in total. The molecule has 1 saturated heterocycles. The first-order chi connectivity index (χ1) is 11.4. The fourth-order valence-corrected chi connectivity index (χ4v) is 2.57. The number of alkyl halides is 3. The monoisotopic (exact) mass is 342 g/mol. The molecule has 2 aromatic heterocycles. The second kappa shape index (κ2) is 6.10. The number of aromatic nitrogens is 3. The maximum Gasteiger partial charge on any atom is 0.471 e. The van der Waals surface area contributed by atoms with Gasteiger partial charge >= 0.3 is 12.1 Å². The molecule has 0 saturated carbocycles. The summed E-state index contributed by atoms with van der Waals surface area (Å²) in [6.07, 6.45) is -1.97. The molecule has 0 aliphatic carbocycles. The van der Waals surface area contributed by atoms with Gasteiger partial charge in [-0.3, -0.25) is 9.59 Å². The van der Waals surface area contributed by atoms with Crippen molar-refractivity contribution in [2.75, 3.05) is 13.1 Å². The molecule has 0 aromatic carbocycles. The summed E-state index contributed by atoms with van der Waals surface area (Å²) < 4.78 is 41.9. The van der Waals surface area contributed by atoms with Gasteiger partial charge in [-0.15, -0.1) is 0 Å². The summed E-state index contributed by atoms with van der Waals surface area (Å²) in [6, 6.07) is 1.35. The summed E-state index contributed by atoms with van der Waals surface area (Å²) in [5.41, 5.74) is -0.507. The second-order valence-electron chi connectivity index (χ2n) is 5.38. The fraction of sp³-hybridized carbons (Fsp3) is 0.429. The Hall–Kier alpha value is -2.65. The zero-order chi connectivity index (χ0) is 17.3. The summed E-state index contributed by atoms with van der Waals surface area (Å²) >= 11 is 0. The summed E-state index contributed by atoms with van der Waals surface area (Å²) in [5, 5.41) is 3.28. The van der Waals surface area contributed by atoms with E-state index >= 15 is 0 Å². The number of aromatic amines is 1. The molecule has 0 bridgehead atoms. The van der Waals surface area contributed by atoms with Crippen molar-refractivity contribution in [1.82, 2.24) is 20.0 Å². The number of rotatable bonds is 3. The van der Waals surface area contributed by atoms with Crippen LogP contribution in [-0.4, -0.2) is 39.0 Å². The van der Waals surface area contributed by atoms with Crippen LogP contribution in [0.4, 0.5) is 13.2 Å². The van der Waals surface area contributed by atoms with Crippen LogP contribution in [0.5, 0.6) is 0 Å². The van der Waals surface area contributed by atoms with Gasteiger partial charge in [-0.2, -0.15) is 18.2 Å². The molecule has 1 aliphatic rings. The Morgan fingerprint density at radius 3 is 2.67 bits per heavy atom. The summed E-state index contributed by atoms with van der Waals surface area (Å²) in [6.45, 7) is 1.22. The van der Waals surface area contributed by atoms with Gasteiger partial charge < -0.3 is 14.4 Å². The molecule has 10 heteroatoms. The van der Waals surface area contributed by atoms with Crippen molar-refractivity contribution in [3.8, 4) is 11.4 Å². The number of likely N-dealkylation sites (tertiary alicyclic amines) is 1. The number of hydrogen-bond acceptors (Lipinski definition) is 5. The van der Waals surface area contributed by atoms with Crippen molar-refractivity contribution in [2.45, 2.75) is 25.4 Å². The molecule has 1 N–H and O–H groups in total. The molecule has 24 heavy (non-hydrogen) atoms. The molecule has 1 aliphatic heterocycles. The molecule has 1 fully saturated rings. The third-order valence-corrected chi connectivity index (χ3v) is 3.76. The maximum absolute atomic E-state index is 12.6.